The Bertz CT molecular complexity index is 418. The number of hydrogen-bond acceptors (Lipinski definition) is 3. The van der Waals surface area contributed by atoms with Gasteiger partial charge in [0.15, 0.2) is 0 Å². The Morgan fingerprint density at radius 3 is 2.55 bits per heavy atom. The first-order valence-corrected chi connectivity index (χ1v) is 7.44. The van der Waals surface area contributed by atoms with E-state index in [4.69, 9.17) is 10.8 Å². The van der Waals surface area contributed by atoms with Crippen LogP contribution in [0.1, 0.15) is 37.2 Å². The van der Waals surface area contributed by atoms with Gasteiger partial charge in [0, 0.05) is 25.7 Å². The minimum atomic E-state index is -0.268. The van der Waals surface area contributed by atoms with Crippen LogP contribution in [0.15, 0.2) is 30.3 Å². The molecule has 1 fully saturated rings. The maximum absolute atomic E-state index is 12.8. The maximum Gasteiger partial charge on any atom is 0.231 e. The second-order valence-corrected chi connectivity index (χ2v) is 5.39. The monoisotopic (exact) mass is 276 g/mol. The highest BCUT2D eigenvalue weighted by Gasteiger charge is 2.32. The summed E-state index contributed by atoms with van der Waals surface area (Å²) in [5.41, 5.74) is 6.81. The zero-order valence-electron chi connectivity index (χ0n) is 11.9. The standard InChI is InChI=1S/C16H24N2O2/c17-12-15(13-6-2-1-3-7-13)16(20)18(10-5-11-19)14-8-4-9-14/h1-3,6-7,14-15,19H,4-5,8-12,17H2. The lowest BCUT2D eigenvalue weighted by Crippen LogP contribution is -2.48. The molecule has 2 rings (SSSR count). The molecule has 1 saturated carbocycles. The number of carbonyl (C=O) groups is 1. The number of carbonyl (C=O) groups excluding carboxylic acids is 1. The molecule has 20 heavy (non-hydrogen) atoms. The SMILES string of the molecule is NCC(C(=O)N(CCCO)C1CCC1)c1ccccc1. The second kappa shape index (κ2) is 7.41. The molecule has 1 amide bonds. The van der Waals surface area contributed by atoms with Crippen molar-refractivity contribution in [3.63, 3.8) is 0 Å². The molecule has 1 unspecified atom stereocenters. The van der Waals surface area contributed by atoms with Gasteiger partial charge in [-0.15, -0.1) is 0 Å². The first-order chi connectivity index (χ1) is 9.77. The molecule has 3 N–H and O–H groups in total. The van der Waals surface area contributed by atoms with Crippen LogP contribution in [0.25, 0.3) is 0 Å². The van der Waals surface area contributed by atoms with E-state index in [9.17, 15) is 4.79 Å². The number of aliphatic hydroxyl groups is 1. The van der Waals surface area contributed by atoms with Gasteiger partial charge in [0.2, 0.25) is 5.91 Å². The molecule has 1 aliphatic carbocycles. The number of nitrogens with two attached hydrogens (primary N) is 1. The van der Waals surface area contributed by atoms with Crippen LogP contribution in [0.2, 0.25) is 0 Å². The largest absolute Gasteiger partial charge is 0.396 e. The van der Waals surface area contributed by atoms with Gasteiger partial charge >= 0.3 is 0 Å². The second-order valence-electron chi connectivity index (χ2n) is 5.39. The van der Waals surface area contributed by atoms with Gasteiger partial charge in [-0.3, -0.25) is 4.79 Å². The Kier molecular flexibility index (Phi) is 5.56. The van der Waals surface area contributed by atoms with Crippen molar-refractivity contribution in [1.29, 1.82) is 0 Å². The number of rotatable bonds is 7. The average Bonchev–Trinajstić information content (AvgIpc) is 2.43. The van der Waals surface area contributed by atoms with E-state index in [1.807, 2.05) is 35.2 Å². The summed E-state index contributed by atoms with van der Waals surface area (Å²) in [6.07, 6.45) is 3.97. The molecule has 0 aliphatic heterocycles. The molecule has 110 valence electrons. The van der Waals surface area contributed by atoms with Crippen molar-refractivity contribution in [3.05, 3.63) is 35.9 Å². The van der Waals surface area contributed by atoms with Crippen LogP contribution in [0, 0.1) is 0 Å². The molecule has 0 heterocycles. The van der Waals surface area contributed by atoms with Crippen LogP contribution < -0.4 is 5.73 Å². The van der Waals surface area contributed by atoms with E-state index in [1.165, 1.54) is 6.42 Å². The molecule has 1 atom stereocenters. The van der Waals surface area contributed by atoms with E-state index < -0.39 is 0 Å². The fourth-order valence-electron chi connectivity index (χ4n) is 2.68. The third kappa shape index (κ3) is 3.38. The van der Waals surface area contributed by atoms with Gasteiger partial charge in [0.1, 0.15) is 0 Å². The molecular weight excluding hydrogens is 252 g/mol. The molecule has 0 saturated heterocycles. The molecular formula is C16H24N2O2. The van der Waals surface area contributed by atoms with E-state index >= 15 is 0 Å². The van der Waals surface area contributed by atoms with Crippen molar-refractivity contribution < 1.29 is 9.90 Å². The average molecular weight is 276 g/mol. The summed E-state index contributed by atoms with van der Waals surface area (Å²) in [5, 5.41) is 9.02. The molecule has 0 radical (unpaired) electrons. The zero-order chi connectivity index (χ0) is 14.4. The van der Waals surface area contributed by atoms with E-state index in [-0.39, 0.29) is 18.4 Å². The third-order valence-corrected chi connectivity index (χ3v) is 4.09. The summed E-state index contributed by atoms with van der Waals surface area (Å²) in [7, 11) is 0. The lowest BCUT2D eigenvalue weighted by Gasteiger charge is -2.39. The van der Waals surface area contributed by atoms with Crippen LogP contribution in [-0.4, -0.2) is 41.7 Å². The number of aliphatic hydroxyl groups excluding tert-OH is 1. The lowest BCUT2D eigenvalue weighted by atomic mass is 9.89. The molecule has 0 bridgehead atoms. The van der Waals surface area contributed by atoms with Crippen LogP contribution in [0.3, 0.4) is 0 Å². The minimum absolute atomic E-state index is 0.108. The van der Waals surface area contributed by atoms with Gasteiger partial charge in [-0.05, 0) is 31.2 Å². The van der Waals surface area contributed by atoms with Crippen LogP contribution in [-0.2, 0) is 4.79 Å². The molecule has 1 aromatic carbocycles. The summed E-state index contributed by atoms with van der Waals surface area (Å²) in [4.78, 5) is 14.7. The summed E-state index contributed by atoms with van der Waals surface area (Å²) < 4.78 is 0. The van der Waals surface area contributed by atoms with Crippen molar-refractivity contribution in [2.24, 2.45) is 5.73 Å². The van der Waals surface area contributed by atoms with E-state index in [1.54, 1.807) is 0 Å². The Morgan fingerprint density at radius 1 is 1.35 bits per heavy atom. The van der Waals surface area contributed by atoms with Crippen molar-refractivity contribution >= 4 is 5.91 Å². The highest BCUT2D eigenvalue weighted by molar-refractivity contribution is 5.84. The van der Waals surface area contributed by atoms with E-state index in [2.05, 4.69) is 0 Å². The molecule has 4 nitrogen and oxygen atoms in total. The highest BCUT2D eigenvalue weighted by atomic mass is 16.3. The topological polar surface area (TPSA) is 66.6 Å². The van der Waals surface area contributed by atoms with Crippen LogP contribution >= 0.6 is 0 Å². The van der Waals surface area contributed by atoms with Crippen LogP contribution in [0.4, 0.5) is 0 Å². The van der Waals surface area contributed by atoms with Crippen molar-refractivity contribution in [2.75, 3.05) is 19.7 Å². The number of benzene rings is 1. The smallest absolute Gasteiger partial charge is 0.231 e. The van der Waals surface area contributed by atoms with Gasteiger partial charge in [-0.25, -0.2) is 0 Å². The van der Waals surface area contributed by atoms with Gasteiger partial charge in [-0.2, -0.15) is 0 Å². The predicted octanol–water partition coefficient (Wildman–Crippen LogP) is 1.49. The highest BCUT2D eigenvalue weighted by Crippen LogP contribution is 2.28. The predicted molar refractivity (Wildman–Crippen MR) is 79.3 cm³/mol. The molecule has 1 aliphatic rings. The Labute approximate surface area is 120 Å². The molecule has 1 aromatic rings. The lowest BCUT2D eigenvalue weighted by molar-refractivity contribution is -0.136. The summed E-state index contributed by atoms with van der Waals surface area (Å²) in [5.74, 6) is -0.160. The molecule has 0 aromatic heterocycles. The van der Waals surface area contributed by atoms with E-state index in [0.717, 1.165) is 18.4 Å². The Hall–Kier alpha value is -1.39. The first-order valence-electron chi connectivity index (χ1n) is 7.44. The maximum atomic E-state index is 12.8. The fourth-order valence-corrected chi connectivity index (χ4v) is 2.68. The normalized spacial score (nSPS) is 16.5. The molecule has 4 heteroatoms. The van der Waals surface area contributed by atoms with Crippen LogP contribution in [0.5, 0.6) is 0 Å². The molecule has 0 spiro atoms. The summed E-state index contributed by atoms with van der Waals surface area (Å²) in [6, 6.07) is 10.1. The zero-order valence-corrected chi connectivity index (χ0v) is 11.9. The van der Waals surface area contributed by atoms with Crippen molar-refractivity contribution in [2.45, 2.75) is 37.6 Å². The van der Waals surface area contributed by atoms with E-state index in [0.29, 0.717) is 25.6 Å². The minimum Gasteiger partial charge on any atom is -0.396 e. The van der Waals surface area contributed by atoms with Gasteiger partial charge in [-0.1, -0.05) is 30.3 Å². The Balaban J connectivity index is 2.11. The third-order valence-electron chi connectivity index (χ3n) is 4.09. The fraction of sp³-hybridized carbons (Fsp3) is 0.562. The summed E-state index contributed by atoms with van der Waals surface area (Å²) >= 11 is 0. The van der Waals surface area contributed by atoms with Gasteiger partial charge in [0.25, 0.3) is 0 Å². The first kappa shape index (κ1) is 15.0. The van der Waals surface area contributed by atoms with Crippen molar-refractivity contribution in [1.82, 2.24) is 4.90 Å². The summed E-state index contributed by atoms with van der Waals surface area (Å²) in [6.45, 7) is 1.07. The Morgan fingerprint density at radius 2 is 2.05 bits per heavy atom. The number of hydrogen-bond donors (Lipinski definition) is 2. The van der Waals surface area contributed by atoms with Gasteiger partial charge in [0.05, 0.1) is 5.92 Å². The number of nitrogens with zero attached hydrogens (tertiary/aromatic N) is 1. The van der Waals surface area contributed by atoms with Gasteiger partial charge < -0.3 is 15.7 Å². The van der Waals surface area contributed by atoms with Crippen molar-refractivity contribution in [3.8, 4) is 0 Å². The number of amides is 1. The quantitative estimate of drug-likeness (QED) is 0.793.